The monoisotopic (exact) mass is 430 g/mol. The Balaban J connectivity index is 1.42. The number of carbonyl (C=O) groups excluding carboxylic acids is 1. The molecule has 2 aliphatic heterocycles. The number of anilines is 1. The van der Waals surface area contributed by atoms with E-state index in [1.54, 1.807) is 0 Å². The van der Waals surface area contributed by atoms with Crippen LogP contribution in [-0.2, 0) is 18.3 Å². The maximum absolute atomic E-state index is 13.2. The van der Waals surface area contributed by atoms with Gasteiger partial charge in [-0.15, -0.1) is 0 Å². The number of benzene rings is 1. The zero-order chi connectivity index (χ0) is 22.1. The molecule has 2 aromatic heterocycles. The van der Waals surface area contributed by atoms with E-state index in [0.29, 0.717) is 6.42 Å². The molecule has 0 aliphatic carbocycles. The lowest BCUT2D eigenvalue weighted by atomic mass is 10.0. The van der Waals surface area contributed by atoms with E-state index >= 15 is 0 Å². The van der Waals surface area contributed by atoms with E-state index in [-0.39, 0.29) is 11.9 Å². The number of aromatic nitrogens is 4. The summed E-state index contributed by atoms with van der Waals surface area (Å²) in [4.78, 5) is 26.9. The fourth-order valence-corrected chi connectivity index (χ4v) is 4.85. The molecule has 0 spiro atoms. The molecule has 32 heavy (non-hydrogen) atoms. The first-order valence-corrected chi connectivity index (χ1v) is 11.6. The molecule has 0 unspecified atom stereocenters. The first kappa shape index (κ1) is 20.7. The number of amides is 1. The molecule has 7 heteroatoms. The molecule has 1 amide bonds. The third kappa shape index (κ3) is 4.11. The molecular weight excluding hydrogens is 400 g/mol. The molecule has 1 aromatic carbocycles. The van der Waals surface area contributed by atoms with Gasteiger partial charge in [0.05, 0.1) is 23.9 Å². The van der Waals surface area contributed by atoms with Crippen molar-refractivity contribution in [2.24, 2.45) is 7.05 Å². The molecule has 4 heterocycles. The first-order chi connectivity index (χ1) is 15.6. The minimum Gasteiger partial charge on any atom is -0.341 e. The van der Waals surface area contributed by atoms with Crippen molar-refractivity contribution in [2.45, 2.75) is 45.1 Å². The van der Waals surface area contributed by atoms with E-state index in [2.05, 4.69) is 28.9 Å². The van der Waals surface area contributed by atoms with E-state index < -0.39 is 0 Å². The van der Waals surface area contributed by atoms with E-state index in [1.807, 2.05) is 47.2 Å². The van der Waals surface area contributed by atoms with Crippen molar-refractivity contribution in [2.75, 3.05) is 24.5 Å². The normalized spacial score (nSPS) is 18.5. The van der Waals surface area contributed by atoms with Crippen LogP contribution >= 0.6 is 0 Å². The zero-order valence-corrected chi connectivity index (χ0v) is 18.9. The van der Waals surface area contributed by atoms with Gasteiger partial charge in [-0.2, -0.15) is 5.10 Å². The first-order valence-electron chi connectivity index (χ1n) is 11.6. The van der Waals surface area contributed by atoms with Crippen molar-refractivity contribution in [3.8, 4) is 11.3 Å². The van der Waals surface area contributed by atoms with Crippen LogP contribution in [0.4, 0.5) is 5.95 Å². The Bertz CT molecular complexity index is 1100. The molecule has 3 aromatic rings. The summed E-state index contributed by atoms with van der Waals surface area (Å²) in [6.07, 6.45) is 8.56. The average Bonchev–Trinajstić information content (AvgIpc) is 3.56. The maximum atomic E-state index is 13.2. The Morgan fingerprint density at radius 1 is 1.06 bits per heavy atom. The van der Waals surface area contributed by atoms with Crippen LogP contribution in [0.15, 0.2) is 42.7 Å². The molecule has 0 radical (unpaired) electrons. The second kappa shape index (κ2) is 8.73. The molecule has 7 nitrogen and oxygen atoms in total. The van der Waals surface area contributed by atoms with Crippen molar-refractivity contribution in [1.82, 2.24) is 24.6 Å². The topological polar surface area (TPSA) is 67.2 Å². The molecule has 166 valence electrons. The van der Waals surface area contributed by atoms with Gasteiger partial charge in [0.15, 0.2) is 0 Å². The van der Waals surface area contributed by atoms with Crippen LogP contribution in [-0.4, -0.2) is 50.2 Å². The molecule has 1 atom stereocenters. The number of rotatable bonds is 5. The molecule has 0 N–H and O–H groups in total. The summed E-state index contributed by atoms with van der Waals surface area (Å²) >= 11 is 0. The number of carbonyl (C=O) groups is 1. The minimum atomic E-state index is -0.0191. The highest BCUT2D eigenvalue weighted by Gasteiger charge is 2.34. The molecule has 0 bridgehead atoms. The Kier molecular flexibility index (Phi) is 5.64. The summed E-state index contributed by atoms with van der Waals surface area (Å²) in [5.41, 5.74) is 5.07. The summed E-state index contributed by atoms with van der Waals surface area (Å²) in [5.74, 6) is 0.946. The highest BCUT2D eigenvalue weighted by molar-refractivity contribution is 5.80. The molecule has 2 aliphatic rings. The van der Waals surface area contributed by atoms with E-state index in [0.717, 1.165) is 60.9 Å². The molecule has 0 saturated carbocycles. The van der Waals surface area contributed by atoms with Crippen LogP contribution < -0.4 is 4.90 Å². The van der Waals surface area contributed by atoms with E-state index in [9.17, 15) is 4.79 Å². The standard InChI is InChI=1S/C25H30N6O/c1-18-7-9-19(10-8-18)16-23(32)31-15-5-6-22(31)24-20(17-29(2)28-24)21-11-12-26-25(27-21)30-13-3-4-14-30/h7-12,17,22H,3-6,13-16H2,1-2H3/t22-/m1/s1. The lowest BCUT2D eigenvalue weighted by Crippen LogP contribution is -2.32. The highest BCUT2D eigenvalue weighted by atomic mass is 16.2. The predicted molar refractivity (Wildman–Crippen MR) is 124 cm³/mol. The third-order valence-corrected chi connectivity index (χ3v) is 6.53. The van der Waals surface area contributed by atoms with Gasteiger partial charge < -0.3 is 9.80 Å². The van der Waals surface area contributed by atoms with Gasteiger partial charge in [0.25, 0.3) is 0 Å². The molecular formula is C25H30N6O. The van der Waals surface area contributed by atoms with Gasteiger partial charge in [0.2, 0.25) is 11.9 Å². The van der Waals surface area contributed by atoms with E-state index in [1.165, 1.54) is 18.4 Å². The van der Waals surface area contributed by atoms with Crippen LogP contribution in [0.3, 0.4) is 0 Å². The minimum absolute atomic E-state index is 0.0191. The SMILES string of the molecule is Cc1ccc(CC(=O)N2CCC[C@@H]2c2nn(C)cc2-c2ccnc(N3CCCC3)n2)cc1. The van der Waals surface area contributed by atoms with Crippen molar-refractivity contribution in [3.63, 3.8) is 0 Å². The maximum Gasteiger partial charge on any atom is 0.227 e. The summed E-state index contributed by atoms with van der Waals surface area (Å²) < 4.78 is 1.84. The Hall–Kier alpha value is -3.22. The number of hydrogen-bond donors (Lipinski definition) is 0. The van der Waals surface area contributed by atoms with Gasteiger partial charge in [-0.1, -0.05) is 29.8 Å². The average molecular weight is 431 g/mol. The Labute approximate surface area is 189 Å². The van der Waals surface area contributed by atoms with Crippen molar-refractivity contribution in [1.29, 1.82) is 0 Å². The third-order valence-electron chi connectivity index (χ3n) is 6.53. The fourth-order valence-electron chi connectivity index (χ4n) is 4.85. The van der Waals surface area contributed by atoms with Gasteiger partial charge in [0.1, 0.15) is 0 Å². The zero-order valence-electron chi connectivity index (χ0n) is 18.9. The van der Waals surface area contributed by atoms with Crippen LogP contribution in [0.1, 0.15) is 48.5 Å². The molecule has 2 saturated heterocycles. The van der Waals surface area contributed by atoms with Gasteiger partial charge in [-0.25, -0.2) is 9.97 Å². The molecule has 2 fully saturated rings. The van der Waals surface area contributed by atoms with Gasteiger partial charge in [0, 0.05) is 44.6 Å². The van der Waals surface area contributed by atoms with Gasteiger partial charge in [-0.3, -0.25) is 9.48 Å². The summed E-state index contributed by atoms with van der Waals surface area (Å²) in [7, 11) is 1.93. The lowest BCUT2D eigenvalue weighted by Gasteiger charge is -2.24. The van der Waals surface area contributed by atoms with Crippen molar-refractivity contribution < 1.29 is 4.79 Å². The molecule has 5 rings (SSSR count). The van der Waals surface area contributed by atoms with Crippen LogP contribution in [0.5, 0.6) is 0 Å². The Morgan fingerprint density at radius 2 is 1.84 bits per heavy atom. The van der Waals surface area contributed by atoms with Gasteiger partial charge in [-0.05, 0) is 44.2 Å². The van der Waals surface area contributed by atoms with Crippen molar-refractivity contribution >= 4 is 11.9 Å². The van der Waals surface area contributed by atoms with Crippen molar-refractivity contribution in [3.05, 3.63) is 59.5 Å². The summed E-state index contributed by atoms with van der Waals surface area (Å²) in [6.45, 7) is 4.85. The van der Waals surface area contributed by atoms with E-state index in [4.69, 9.17) is 10.1 Å². The number of aryl methyl sites for hydroxylation is 2. The smallest absolute Gasteiger partial charge is 0.227 e. The Morgan fingerprint density at radius 3 is 2.62 bits per heavy atom. The predicted octanol–water partition coefficient (Wildman–Crippen LogP) is 3.69. The highest BCUT2D eigenvalue weighted by Crippen LogP contribution is 2.37. The fraction of sp³-hybridized carbons (Fsp3) is 0.440. The number of nitrogens with zero attached hydrogens (tertiary/aromatic N) is 6. The summed E-state index contributed by atoms with van der Waals surface area (Å²) in [6, 6.07) is 10.2. The van der Waals surface area contributed by atoms with Gasteiger partial charge >= 0.3 is 0 Å². The second-order valence-corrected chi connectivity index (χ2v) is 8.95. The number of likely N-dealkylation sites (tertiary alicyclic amines) is 1. The largest absolute Gasteiger partial charge is 0.341 e. The summed E-state index contributed by atoms with van der Waals surface area (Å²) in [5, 5.41) is 4.80. The van der Waals surface area contributed by atoms with Crippen LogP contribution in [0, 0.1) is 6.92 Å². The second-order valence-electron chi connectivity index (χ2n) is 8.95. The number of hydrogen-bond acceptors (Lipinski definition) is 5. The lowest BCUT2D eigenvalue weighted by molar-refractivity contribution is -0.131. The van der Waals surface area contributed by atoms with Crippen LogP contribution in [0.2, 0.25) is 0 Å². The quantitative estimate of drug-likeness (QED) is 0.618. The van der Waals surface area contributed by atoms with Crippen LogP contribution in [0.25, 0.3) is 11.3 Å².